The zero-order valence-corrected chi connectivity index (χ0v) is 15.6. The van der Waals surface area contributed by atoms with E-state index in [1.807, 2.05) is 0 Å². The predicted octanol–water partition coefficient (Wildman–Crippen LogP) is 2.33. The highest BCUT2D eigenvalue weighted by Crippen LogP contribution is 2.15. The Morgan fingerprint density at radius 2 is 1.36 bits per heavy atom. The average Bonchev–Trinajstić information content (AvgIpc) is 2.61. The summed E-state index contributed by atoms with van der Waals surface area (Å²) in [6, 6.07) is 13.4. The molecule has 0 spiro atoms. The number of benzene rings is 2. The lowest BCUT2D eigenvalue weighted by atomic mass is 10.1. The van der Waals surface area contributed by atoms with Gasteiger partial charge in [-0.25, -0.2) is 0 Å². The van der Waals surface area contributed by atoms with Crippen LogP contribution in [0, 0.1) is 0 Å². The Bertz CT molecular complexity index is 878. The zero-order valence-electron chi connectivity index (χ0n) is 15.6. The number of rotatable bonds is 7. The van der Waals surface area contributed by atoms with E-state index in [0.29, 0.717) is 22.6 Å². The second-order valence-electron chi connectivity index (χ2n) is 6.03. The number of carbonyl (C=O) groups excluding carboxylic acids is 4. The summed E-state index contributed by atoms with van der Waals surface area (Å²) in [5.41, 5.74) is 2.35. The highest BCUT2D eigenvalue weighted by molar-refractivity contribution is 5.94. The van der Waals surface area contributed by atoms with Gasteiger partial charge in [-0.2, -0.15) is 0 Å². The summed E-state index contributed by atoms with van der Waals surface area (Å²) in [4.78, 5) is 45.9. The molecular weight excluding hydrogens is 362 g/mol. The molecule has 0 heterocycles. The van der Waals surface area contributed by atoms with Gasteiger partial charge in [0.1, 0.15) is 0 Å². The maximum atomic E-state index is 11.9. The van der Waals surface area contributed by atoms with E-state index in [2.05, 4.69) is 16.0 Å². The third kappa shape index (κ3) is 7.28. The predicted molar refractivity (Wildman–Crippen MR) is 105 cm³/mol. The standard InChI is InChI=1S/C20H21N3O5/c1-13(24)21-16-8-6-15(7-9-16)10-20(27)28-12-19(26)23-18-5-3-4-17(11-18)22-14(2)25/h3-9,11H,10,12H2,1-2H3,(H,21,24)(H,22,25)(H,23,26). The summed E-state index contributed by atoms with van der Waals surface area (Å²) in [6.45, 7) is 2.37. The number of nitrogens with one attached hydrogen (secondary N) is 3. The van der Waals surface area contributed by atoms with Gasteiger partial charge in [-0.05, 0) is 35.9 Å². The van der Waals surface area contributed by atoms with Gasteiger partial charge in [-0.15, -0.1) is 0 Å². The van der Waals surface area contributed by atoms with Crippen LogP contribution in [0.1, 0.15) is 19.4 Å². The van der Waals surface area contributed by atoms with E-state index < -0.39 is 18.5 Å². The van der Waals surface area contributed by atoms with Crippen molar-refractivity contribution in [2.75, 3.05) is 22.6 Å². The molecule has 0 saturated heterocycles. The SMILES string of the molecule is CC(=O)Nc1ccc(CC(=O)OCC(=O)Nc2cccc(NC(C)=O)c2)cc1. The fraction of sp³-hybridized carbons (Fsp3) is 0.200. The highest BCUT2D eigenvalue weighted by atomic mass is 16.5. The largest absolute Gasteiger partial charge is 0.455 e. The van der Waals surface area contributed by atoms with Gasteiger partial charge < -0.3 is 20.7 Å². The first kappa shape index (κ1) is 20.6. The van der Waals surface area contributed by atoms with Crippen LogP contribution in [0.2, 0.25) is 0 Å². The third-order valence-corrected chi connectivity index (χ3v) is 3.45. The molecule has 3 N–H and O–H groups in total. The van der Waals surface area contributed by atoms with Gasteiger partial charge >= 0.3 is 5.97 Å². The number of amides is 3. The van der Waals surface area contributed by atoms with Crippen LogP contribution < -0.4 is 16.0 Å². The minimum absolute atomic E-state index is 0.00560. The van der Waals surface area contributed by atoms with Crippen molar-refractivity contribution in [2.24, 2.45) is 0 Å². The normalized spacial score (nSPS) is 9.93. The molecule has 0 radical (unpaired) electrons. The topological polar surface area (TPSA) is 114 Å². The van der Waals surface area contributed by atoms with Crippen LogP contribution in [0.3, 0.4) is 0 Å². The van der Waals surface area contributed by atoms with Gasteiger partial charge in [0.25, 0.3) is 5.91 Å². The first-order valence-corrected chi connectivity index (χ1v) is 8.51. The van der Waals surface area contributed by atoms with E-state index in [0.717, 1.165) is 0 Å². The molecule has 8 heteroatoms. The molecule has 0 unspecified atom stereocenters. The molecule has 0 saturated carbocycles. The molecule has 28 heavy (non-hydrogen) atoms. The Balaban J connectivity index is 1.80. The summed E-state index contributed by atoms with van der Waals surface area (Å²) in [7, 11) is 0. The van der Waals surface area contributed by atoms with Crippen LogP contribution >= 0.6 is 0 Å². The molecule has 0 aromatic heterocycles. The van der Waals surface area contributed by atoms with Crippen LogP contribution in [0.15, 0.2) is 48.5 Å². The molecule has 2 aromatic rings. The molecule has 0 atom stereocenters. The lowest BCUT2D eigenvalue weighted by molar-refractivity contribution is -0.146. The molecule has 0 fully saturated rings. The van der Waals surface area contributed by atoms with Crippen molar-refractivity contribution in [1.82, 2.24) is 0 Å². The van der Waals surface area contributed by atoms with E-state index in [1.165, 1.54) is 13.8 Å². The zero-order chi connectivity index (χ0) is 20.5. The molecule has 0 aliphatic carbocycles. The van der Waals surface area contributed by atoms with Crippen molar-refractivity contribution in [3.8, 4) is 0 Å². The summed E-state index contributed by atoms with van der Waals surface area (Å²) < 4.78 is 4.98. The minimum Gasteiger partial charge on any atom is -0.455 e. The quantitative estimate of drug-likeness (QED) is 0.635. The number of esters is 1. The van der Waals surface area contributed by atoms with E-state index in [4.69, 9.17) is 4.74 Å². The van der Waals surface area contributed by atoms with E-state index in [-0.39, 0.29) is 18.2 Å². The fourth-order valence-corrected chi connectivity index (χ4v) is 2.35. The van der Waals surface area contributed by atoms with Gasteiger partial charge in [0.2, 0.25) is 11.8 Å². The average molecular weight is 383 g/mol. The monoisotopic (exact) mass is 383 g/mol. The maximum Gasteiger partial charge on any atom is 0.310 e. The molecule has 146 valence electrons. The Labute approximate surface area is 162 Å². The smallest absolute Gasteiger partial charge is 0.310 e. The number of hydrogen-bond donors (Lipinski definition) is 3. The third-order valence-electron chi connectivity index (χ3n) is 3.45. The van der Waals surface area contributed by atoms with Crippen LogP contribution in [0.25, 0.3) is 0 Å². The summed E-state index contributed by atoms with van der Waals surface area (Å²) >= 11 is 0. The molecule has 0 aliphatic heterocycles. The van der Waals surface area contributed by atoms with Gasteiger partial charge in [0.15, 0.2) is 6.61 Å². The van der Waals surface area contributed by atoms with Crippen molar-refractivity contribution in [3.63, 3.8) is 0 Å². The molecule has 8 nitrogen and oxygen atoms in total. The Morgan fingerprint density at radius 3 is 1.96 bits per heavy atom. The number of anilines is 3. The van der Waals surface area contributed by atoms with Gasteiger partial charge in [0.05, 0.1) is 6.42 Å². The Hall–Kier alpha value is -3.68. The minimum atomic E-state index is -0.547. The van der Waals surface area contributed by atoms with Crippen LogP contribution in [-0.2, 0) is 30.3 Å². The summed E-state index contributed by atoms with van der Waals surface area (Å²) in [6.07, 6.45) is 0.00560. The first-order valence-electron chi connectivity index (χ1n) is 8.51. The molecule has 0 aliphatic rings. The van der Waals surface area contributed by atoms with E-state index in [1.54, 1.807) is 48.5 Å². The second kappa shape index (κ2) is 9.86. The fourth-order valence-electron chi connectivity index (χ4n) is 2.35. The molecule has 2 rings (SSSR count). The molecular formula is C20H21N3O5. The van der Waals surface area contributed by atoms with Crippen LogP contribution in [0.5, 0.6) is 0 Å². The van der Waals surface area contributed by atoms with Gasteiger partial charge in [-0.1, -0.05) is 18.2 Å². The van der Waals surface area contributed by atoms with Crippen molar-refractivity contribution < 1.29 is 23.9 Å². The van der Waals surface area contributed by atoms with Crippen LogP contribution in [0.4, 0.5) is 17.1 Å². The van der Waals surface area contributed by atoms with E-state index in [9.17, 15) is 19.2 Å². The molecule has 0 bridgehead atoms. The summed E-state index contributed by atoms with van der Waals surface area (Å²) in [5.74, 6) is -1.44. The Kier molecular flexibility index (Phi) is 7.27. The number of hydrogen-bond acceptors (Lipinski definition) is 5. The Morgan fingerprint density at radius 1 is 0.786 bits per heavy atom. The summed E-state index contributed by atoms with van der Waals surface area (Å²) in [5, 5.41) is 7.84. The van der Waals surface area contributed by atoms with Gasteiger partial charge in [-0.3, -0.25) is 19.2 Å². The van der Waals surface area contributed by atoms with Crippen molar-refractivity contribution >= 4 is 40.8 Å². The highest BCUT2D eigenvalue weighted by Gasteiger charge is 2.10. The van der Waals surface area contributed by atoms with E-state index >= 15 is 0 Å². The van der Waals surface area contributed by atoms with Crippen molar-refractivity contribution in [2.45, 2.75) is 20.3 Å². The van der Waals surface area contributed by atoms with Crippen molar-refractivity contribution in [3.05, 3.63) is 54.1 Å². The van der Waals surface area contributed by atoms with Gasteiger partial charge in [0, 0.05) is 30.9 Å². The number of ether oxygens (including phenoxy) is 1. The molecule has 3 amide bonds. The number of carbonyl (C=O) groups is 4. The lowest BCUT2D eigenvalue weighted by Gasteiger charge is -2.09. The second-order valence-corrected chi connectivity index (χ2v) is 6.03. The molecule has 2 aromatic carbocycles. The van der Waals surface area contributed by atoms with Crippen LogP contribution in [-0.4, -0.2) is 30.3 Å². The van der Waals surface area contributed by atoms with Crippen molar-refractivity contribution in [1.29, 1.82) is 0 Å². The first-order chi connectivity index (χ1) is 13.3. The lowest BCUT2D eigenvalue weighted by Crippen LogP contribution is -2.21. The maximum absolute atomic E-state index is 11.9.